The molecular formula is C11H16F3N3. The lowest BCUT2D eigenvalue weighted by Crippen LogP contribution is -2.34. The molecule has 6 heteroatoms. The maximum atomic E-state index is 12.3. The van der Waals surface area contributed by atoms with Gasteiger partial charge in [-0.1, -0.05) is 0 Å². The summed E-state index contributed by atoms with van der Waals surface area (Å²) < 4.78 is 37.0. The van der Waals surface area contributed by atoms with Crippen LogP contribution in [0.1, 0.15) is 12.5 Å². The summed E-state index contributed by atoms with van der Waals surface area (Å²) in [6.07, 6.45) is -2.68. The highest BCUT2D eigenvalue weighted by Gasteiger charge is 2.30. The van der Waals surface area contributed by atoms with Crippen molar-refractivity contribution in [3.05, 3.63) is 23.9 Å². The Balaban J connectivity index is 2.84. The van der Waals surface area contributed by atoms with Gasteiger partial charge < -0.3 is 10.2 Å². The average Bonchev–Trinajstić information content (AvgIpc) is 2.25. The van der Waals surface area contributed by atoms with Crippen LogP contribution in [0.3, 0.4) is 0 Å². The molecule has 1 heterocycles. The molecule has 0 spiro atoms. The van der Waals surface area contributed by atoms with Crippen LogP contribution in [0.5, 0.6) is 0 Å². The topological polar surface area (TPSA) is 28.2 Å². The number of hydrogen-bond donors (Lipinski definition) is 1. The van der Waals surface area contributed by atoms with Gasteiger partial charge in [0.25, 0.3) is 0 Å². The molecule has 0 saturated heterocycles. The van der Waals surface area contributed by atoms with Crippen molar-refractivity contribution in [2.75, 3.05) is 25.0 Å². The van der Waals surface area contributed by atoms with Crippen molar-refractivity contribution in [1.82, 2.24) is 10.3 Å². The molecule has 0 atom stereocenters. The third-order valence-electron chi connectivity index (χ3n) is 2.27. The summed E-state index contributed by atoms with van der Waals surface area (Å²) in [6, 6.07) is 3.45. The number of pyridine rings is 1. The minimum Gasteiger partial charge on any atom is -0.348 e. The molecular weight excluding hydrogens is 231 g/mol. The smallest absolute Gasteiger partial charge is 0.348 e. The van der Waals surface area contributed by atoms with E-state index in [1.165, 1.54) is 11.1 Å². The van der Waals surface area contributed by atoms with E-state index in [-0.39, 0.29) is 6.54 Å². The third kappa shape index (κ3) is 4.60. The Kier molecular flexibility index (Phi) is 4.74. The number of anilines is 1. The van der Waals surface area contributed by atoms with Gasteiger partial charge >= 0.3 is 6.18 Å². The number of nitrogens with zero attached hydrogens (tertiary/aromatic N) is 2. The molecule has 1 N–H and O–H groups in total. The zero-order valence-electron chi connectivity index (χ0n) is 9.88. The van der Waals surface area contributed by atoms with Crippen molar-refractivity contribution >= 4 is 5.82 Å². The van der Waals surface area contributed by atoms with Crippen molar-refractivity contribution in [1.29, 1.82) is 0 Å². The predicted molar refractivity (Wildman–Crippen MR) is 60.9 cm³/mol. The van der Waals surface area contributed by atoms with E-state index in [2.05, 4.69) is 10.3 Å². The molecule has 0 amide bonds. The minimum atomic E-state index is -4.21. The average molecular weight is 247 g/mol. The first-order valence-corrected chi connectivity index (χ1v) is 5.37. The van der Waals surface area contributed by atoms with Crippen LogP contribution in [0.15, 0.2) is 18.3 Å². The Morgan fingerprint density at radius 2 is 2.12 bits per heavy atom. The molecule has 1 aromatic rings. The molecule has 0 fully saturated rings. The van der Waals surface area contributed by atoms with Crippen molar-refractivity contribution in [3.8, 4) is 0 Å². The Labute approximate surface area is 98.6 Å². The molecule has 0 bridgehead atoms. The molecule has 0 aliphatic carbocycles. The Morgan fingerprint density at radius 1 is 1.41 bits per heavy atom. The van der Waals surface area contributed by atoms with E-state index in [9.17, 15) is 13.2 Å². The van der Waals surface area contributed by atoms with Crippen LogP contribution in [-0.2, 0) is 6.54 Å². The maximum Gasteiger partial charge on any atom is 0.405 e. The number of nitrogens with one attached hydrogen (secondary N) is 1. The van der Waals surface area contributed by atoms with Gasteiger partial charge in [0, 0.05) is 19.3 Å². The second kappa shape index (κ2) is 5.86. The van der Waals surface area contributed by atoms with Gasteiger partial charge in [0.15, 0.2) is 0 Å². The van der Waals surface area contributed by atoms with Crippen LogP contribution in [0.2, 0.25) is 0 Å². The fraction of sp³-hybridized carbons (Fsp3) is 0.545. The molecule has 0 aliphatic rings. The van der Waals surface area contributed by atoms with Crippen molar-refractivity contribution in [3.63, 3.8) is 0 Å². The van der Waals surface area contributed by atoms with E-state index in [0.29, 0.717) is 12.4 Å². The number of hydrogen-bond acceptors (Lipinski definition) is 3. The first kappa shape index (κ1) is 13.8. The quantitative estimate of drug-likeness (QED) is 0.864. The summed E-state index contributed by atoms with van der Waals surface area (Å²) in [5.74, 6) is 0.359. The Hall–Kier alpha value is -1.30. The lowest BCUT2D eigenvalue weighted by atomic mass is 10.2. The largest absolute Gasteiger partial charge is 0.405 e. The fourth-order valence-corrected chi connectivity index (χ4v) is 1.52. The number of aromatic nitrogens is 1. The van der Waals surface area contributed by atoms with Crippen LogP contribution in [0, 0.1) is 0 Å². The van der Waals surface area contributed by atoms with Crippen molar-refractivity contribution < 1.29 is 13.2 Å². The van der Waals surface area contributed by atoms with Crippen LogP contribution < -0.4 is 10.2 Å². The highest BCUT2D eigenvalue weighted by molar-refractivity contribution is 5.41. The van der Waals surface area contributed by atoms with Crippen molar-refractivity contribution in [2.45, 2.75) is 19.6 Å². The van der Waals surface area contributed by atoms with Gasteiger partial charge in [0.1, 0.15) is 12.4 Å². The molecule has 17 heavy (non-hydrogen) atoms. The number of rotatable bonds is 5. The normalized spacial score (nSPS) is 11.6. The molecule has 3 nitrogen and oxygen atoms in total. The van der Waals surface area contributed by atoms with E-state index in [4.69, 9.17) is 0 Å². The Bertz CT molecular complexity index is 352. The molecule has 0 unspecified atom stereocenters. The van der Waals surface area contributed by atoms with Gasteiger partial charge in [-0.2, -0.15) is 13.2 Å². The zero-order chi connectivity index (χ0) is 12.9. The minimum absolute atomic E-state index is 0.273. The summed E-state index contributed by atoms with van der Waals surface area (Å²) in [6.45, 7) is 1.59. The summed E-state index contributed by atoms with van der Waals surface area (Å²) in [5.41, 5.74) is 0.915. The van der Waals surface area contributed by atoms with E-state index >= 15 is 0 Å². The summed E-state index contributed by atoms with van der Waals surface area (Å²) in [4.78, 5) is 5.18. The lowest BCUT2D eigenvalue weighted by molar-refractivity contribution is -0.119. The molecule has 96 valence electrons. The second-order valence-corrected chi connectivity index (χ2v) is 3.68. The van der Waals surface area contributed by atoms with E-state index in [1.807, 2.05) is 0 Å². The first-order chi connectivity index (χ1) is 7.96. The van der Waals surface area contributed by atoms with Crippen LogP contribution >= 0.6 is 0 Å². The first-order valence-electron chi connectivity index (χ1n) is 5.37. The second-order valence-electron chi connectivity index (χ2n) is 3.68. The van der Waals surface area contributed by atoms with E-state index in [1.54, 1.807) is 26.1 Å². The van der Waals surface area contributed by atoms with Gasteiger partial charge in [-0.15, -0.1) is 0 Å². The molecule has 0 saturated carbocycles. The molecule has 1 rings (SSSR count). The number of halogens is 3. The SMILES string of the molecule is CCN(CC(F)(F)F)c1cc(CNC)ccn1. The number of alkyl halides is 3. The van der Waals surface area contributed by atoms with Gasteiger partial charge in [-0.3, -0.25) is 0 Å². The Morgan fingerprint density at radius 3 is 2.65 bits per heavy atom. The third-order valence-corrected chi connectivity index (χ3v) is 2.27. The highest BCUT2D eigenvalue weighted by Crippen LogP contribution is 2.20. The molecule has 0 aromatic carbocycles. The van der Waals surface area contributed by atoms with E-state index in [0.717, 1.165) is 5.56 Å². The summed E-state index contributed by atoms with van der Waals surface area (Å²) in [5, 5.41) is 2.95. The monoisotopic (exact) mass is 247 g/mol. The fourth-order valence-electron chi connectivity index (χ4n) is 1.52. The van der Waals surface area contributed by atoms with Crippen molar-refractivity contribution in [2.24, 2.45) is 0 Å². The predicted octanol–water partition coefficient (Wildman–Crippen LogP) is 2.19. The van der Waals surface area contributed by atoms with Gasteiger partial charge in [0.2, 0.25) is 0 Å². The molecule has 1 aromatic heterocycles. The maximum absolute atomic E-state index is 12.3. The van der Waals surface area contributed by atoms with Gasteiger partial charge in [0.05, 0.1) is 0 Å². The van der Waals surface area contributed by atoms with Gasteiger partial charge in [-0.25, -0.2) is 4.98 Å². The lowest BCUT2D eigenvalue weighted by Gasteiger charge is -2.23. The van der Waals surface area contributed by atoms with Crippen LogP contribution in [0.4, 0.5) is 19.0 Å². The van der Waals surface area contributed by atoms with E-state index < -0.39 is 12.7 Å². The highest BCUT2D eigenvalue weighted by atomic mass is 19.4. The summed E-state index contributed by atoms with van der Waals surface area (Å²) in [7, 11) is 1.79. The van der Waals surface area contributed by atoms with Crippen LogP contribution in [0.25, 0.3) is 0 Å². The summed E-state index contributed by atoms with van der Waals surface area (Å²) >= 11 is 0. The molecule has 0 aliphatic heterocycles. The zero-order valence-corrected chi connectivity index (χ0v) is 9.88. The van der Waals surface area contributed by atoms with Crippen LogP contribution in [-0.4, -0.2) is 31.3 Å². The van der Waals surface area contributed by atoms with Gasteiger partial charge in [-0.05, 0) is 31.7 Å². The molecule has 0 radical (unpaired) electrons. The standard InChI is InChI=1S/C11H16F3N3/c1-3-17(8-11(12,13)14)10-6-9(7-15-2)4-5-16-10/h4-6,15H,3,7-8H2,1-2H3.